The smallest absolute Gasteiger partial charge is 0.316 e. The average molecular weight is 434 g/mol. The van der Waals surface area contributed by atoms with Crippen LogP contribution in [0, 0.1) is 0 Å². The summed E-state index contributed by atoms with van der Waals surface area (Å²) in [6, 6.07) is 2.02. The van der Waals surface area contributed by atoms with Crippen molar-refractivity contribution >= 4 is 15.7 Å². The van der Waals surface area contributed by atoms with Gasteiger partial charge in [0.15, 0.2) is 0 Å². The molecule has 3 heterocycles. The quantitative estimate of drug-likeness (QED) is 0.738. The molecular formula is C20H27N5O4S. The van der Waals surface area contributed by atoms with Crippen molar-refractivity contribution in [2.75, 3.05) is 32.0 Å². The van der Waals surface area contributed by atoms with Crippen molar-refractivity contribution < 1.29 is 17.9 Å². The SMILES string of the molecule is COc1nc2c(cc1NS(=O)(=O)c1cnc(OC3CCCC3)nc1)CCN(C)CC2. The standard InChI is InChI=1S/C20H27N5O4S/c1-25-9-7-14-11-18(19(28-2)23-17(14)8-10-25)24-30(26,27)16-12-21-20(22-13-16)29-15-5-3-4-6-15/h11-13,15,24H,3-10H2,1-2H3. The average Bonchev–Trinajstić information content (AvgIpc) is 3.17. The number of nitrogens with zero attached hydrogens (tertiary/aromatic N) is 4. The number of pyridine rings is 1. The van der Waals surface area contributed by atoms with Crippen LogP contribution in [0.2, 0.25) is 0 Å². The maximum absolute atomic E-state index is 12.9. The summed E-state index contributed by atoms with van der Waals surface area (Å²) in [6.45, 7) is 1.80. The van der Waals surface area contributed by atoms with Crippen molar-refractivity contribution in [3.63, 3.8) is 0 Å². The first-order chi connectivity index (χ1) is 14.4. The lowest BCUT2D eigenvalue weighted by Gasteiger charge is -2.15. The molecule has 4 rings (SSSR count). The summed E-state index contributed by atoms with van der Waals surface area (Å²) in [5.41, 5.74) is 2.28. The zero-order valence-corrected chi connectivity index (χ0v) is 18.1. The first-order valence-corrected chi connectivity index (χ1v) is 11.7. The van der Waals surface area contributed by atoms with Crippen LogP contribution < -0.4 is 14.2 Å². The van der Waals surface area contributed by atoms with E-state index in [4.69, 9.17) is 9.47 Å². The van der Waals surface area contributed by atoms with E-state index in [-0.39, 0.29) is 22.9 Å². The fourth-order valence-corrected chi connectivity index (χ4v) is 4.75. The fraction of sp³-hybridized carbons (Fsp3) is 0.550. The first-order valence-electron chi connectivity index (χ1n) is 10.2. The molecule has 1 aliphatic carbocycles. The molecule has 2 aliphatic rings. The Bertz CT molecular complexity index is 991. The molecule has 0 aromatic carbocycles. The molecule has 1 N–H and O–H groups in total. The van der Waals surface area contributed by atoms with E-state index in [0.717, 1.165) is 62.9 Å². The van der Waals surface area contributed by atoms with E-state index < -0.39 is 10.0 Å². The Balaban J connectivity index is 1.54. The van der Waals surface area contributed by atoms with Crippen molar-refractivity contribution in [3.8, 4) is 11.9 Å². The van der Waals surface area contributed by atoms with Crippen LogP contribution in [0.4, 0.5) is 5.69 Å². The molecule has 0 radical (unpaired) electrons. The summed E-state index contributed by atoms with van der Waals surface area (Å²) in [6.07, 6.45) is 8.45. The zero-order chi connectivity index (χ0) is 21.1. The van der Waals surface area contributed by atoms with E-state index in [1.807, 2.05) is 6.07 Å². The fourth-order valence-electron chi connectivity index (χ4n) is 3.82. The maximum Gasteiger partial charge on any atom is 0.316 e. The number of sulfonamides is 1. The molecule has 1 saturated carbocycles. The minimum absolute atomic E-state index is 0.0435. The highest BCUT2D eigenvalue weighted by molar-refractivity contribution is 7.92. The molecule has 9 nitrogen and oxygen atoms in total. The van der Waals surface area contributed by atoms with E-state index in [1.54, 1.807) is 0 Å². The largest absolute Gasteiger partial charge is 0.479 e. The van der Waals surface area contributed by atoms with Gasteiger partial charge in [0.05, 0.1) is 19.5 Å². The molecule has 162 valence electrons. The number of rotatable bonds is 6. The number of aromatic nitrogens is 3. The van der Waals surface area contributed by atoms with Crippen molar-refractivity contribution in [1.82, 2.24) is 19.9 Å². The molecule has 10 heteroatoms. The first kappa shape index (κ1) is 20.8. The predicted molar refractivity (Wildman–Crippen MR) is 111 cm³/mol. The third-order valence-electron chi connectivity index (χ3n) is 5.58. The van der Waals surface area contributed by atoms with Crippen molar-refractivity contribution in [3.05, 3.63) is 29.7 Å². The molecule has 2 aromatic heterocycles. The van der Waals surface area contributed by atoms with Crippen LogP contribution in [0.15, 0.2) is 23.4 Å². The highest BCUT2D eigenvalue weighted by atomic mass is 32.2. The number of fused-ring (bicyclic) bond motifs is 1. The van der Waals surface area contributed by atoms with Crippen LogP contribution in [0.25, 0.3) is 0 Å². The van der Waals surface area contributed by atoms with Gasteiger partial charge in [-0.25, -0.2) is 23.4 Å². The second-order valence-corrected chi connectivity index (χ2v) is 9.47. The molecule has 0 unspecified atom stereocenters. The van der Waals surface area contributed by atoms with E-state index in [0.29, 0.717) is 5.69 Å². The van der Waals surface area contributed by atoms with Crippen LogP contribution in [-0.2, 0) is 22.9 Å². The highest BCUT2D eigenvalue weighted by Crippen LogP contribution is 2.29. The summed E-state index contributed by atoms with van der Waals surface area (Å²) in [5.74, 6) is 0.254. The van der Waals surface area contributed by atoms with E-state index in [2.05, 4.69) is 31.6 Å². The molecule has 1 fully saturated rings. The van der Waals surface area contributed by atoms with Gasteiger partial charge in [0.1, 0.15) is 16.7 Å². The van der Waals surface area contributed by atoms with Gasteiger partial charge in [0.25, 0.3) is 10.0 Å². The van der Waals surface area contributed by atoms with Gasteiger partial charge in [-0.3, -0.25) is 4.72 Å². The van der Waals surface area contributed by atoms with Crippen LogP contribution in [-0.4, -0.2) is 61.6 Å². The lowest BCUT2D eigenvalue weighted by Crippen LogP contribution is -2.20. The van der Waals surface area contributed by atoms with Gasteiger partial charge in [0, 0.05) is 25.2 Å². The lowest BCUT2D eigenvalue weighted by atomic mass is 10.1. The topological polar surface area (TPSA) is 107 Å². The number of ether oxygens (including phenoxy) is 2. The number of hydrogen-bond donors (Lipinski definition) is 1. The minimum Gasteiger partial charge on any atom is -0.479 e. The van der Waals surface area contributed by atoms with E-state index in [9.17, 15) is 8.42 Å². The third-order valence-corrected chi connectivity index (χ3v) is 6.90. The molecule has 0 spiro atoms. The Morgan fingerprint density at radius 3 is 2.53 bits per heavy atom. The third kappa shape index (κ3) is 4.65. The van der Waals surface area contributed by atoms with Crippen molar-refractivity contribution in [2.24, 2.45) is 0 Å². The van der Waals surface area contributed by atoms with Crippen molar-refractivity contribution in [1.29, 1.82) is 0 Å². The molecule has 0 saturated heterocycles. The Hall–Kier alpha value is -2.46. The van der Waals surface area contributed by atoms with E-state index in [1.165, 1.54) is 19.5 Å². The Morgan fingerprint density at radius 1 is 1.13 bits per heavy atom. The molecule has 0 amide bonds. The van der Waals surface area contributed by atoms with Gasteiger partial charge >= 0.3 is 6.01 Å². The van der Waals surface area contributed by atoms with Gasteiger partial charge in [0.2, 0.25) is 5.88 Å². The van der Waals surface area contributed by atoms with Gasteiger partial charge in [-0.15, -0.1) is 0 Å². The van der Waals surface area contributed by atoms with Crippen LogP contribution in [0.1, 0.15) is 36.9 Å². The van der Waals surface area contributed by atoms with Gasteiger partial charge in [-0.1, -0.05) is 0 Å². The second kappa shape index (κ2) is 8.73. The molecule has 2 aromatic rings. The maximum atomic E-state index is 12.9. The highest BCUT2D eigenvalue weighted by Gasteiger charge is 2.23. The Morgan fingerprint density at radius 2 is 1.83 bits per heavy atom. The number of nitrogens with one attached hydrogen (secondary N) is 1. The van der Waals surface area contributed by atoms with Gasteiger partial charge in [-0.05, 0) is 50.8 Å². The van der Waals surface area contributed by atoms with Gasteiger partial charge < -0.3 is 14.4 Å². The summed E-state index contributed by atoms with van der Waals surface area (Å²) >= 11 is 0. The summed E-state index contributed by atoms with van der Waals surface area (Å²) in [5, 5.41) is 0. The van der Waals surface area contributed by atoms with E-state index >= 15 is 0 Å². The molecule has 0 atom stereocenters. The Labute approximate surface area is 176 Å². The predicted octanol–water partition coefficient (Wildman–Crippen LogP) is 2.03. The van der Waals surface area contributed by atoms with Crippen molar-refractivity contribution in [2.45, 2.75) is 49.5 Å². The number of likely N-dealkylation sites (N-methyl/N-ethyl adjacent to an activating group) is 1. The second-order valence-electron chi connectivity index (χ2n) is 7.79. The lowest BCUT2D eigenvalue weighted by molar-refractivity contribution is 0.192. The molecule has 0 bridgehead atoms. The summed E-state index contributed by atoms with van der Waals surface area (Å²) < 4.78 is 39.4. The normalized spacial score (nSPS) is 17.9. The van der Waals surface area contributed by atoms with Crippen LogP contribution in [0.3, 0.4) is 0 Å². The number of anilines is 1. The number of methoxy groups -OCH3 is 1. The van der Waals surface area contributed by atoms with Crippen LogP contribution >= 0.6 is 0 Å². The molecule has 1 aliphatic heterocycles. The summed E-state index contributed by atoms with van der Waals surface area (Å²) in [4.78, 5) is 14.9. The zero-order valence-electron chi connectivity index (χ0n) is 17.3. The monoisotopic (exact) mass is 433 g/mol. The van der Waals surface area contributed by atoms with Gasteiger partial charge in [-0.2, -0.15) is 0 Å². The Kier molecular flexibility index (Phi) is 6.05. The summed E-state index contributed by atoms with van der Waals surface area (Å²) in [7, 11) is -0.355. The molecule has 30 heavy (non-hydrogen) atoms. The molecular weight excluding hydrogens is 406 g/mol. The number of hydrogen-bond acceptors (Lipinski definition) is 8. The van der Waals surface area contributed by atoms with Crippen LogP contribution in [0.5, 0.6) is 11.9 Å². The minimum atomic E-state index is -3.90.